The van der Waals surface area contributed by atoms with Crippen LogP contribution in [0.15, 0.2) is 18.2 Å². The van der Waals surface area contributed by atoms with Crippen LogP contribution in [0.25, 0.3) is 0 Å². The van der Waals surface area contributed by atoms with Gasteiger partial charge >= 0.3 is 0 Å². The average Bonchev–Trinajstić information content (AvgIpc) is 3.31. The van der Waals surface area contributed by atoms with Crippen molar-refractivity contribution in [2.24, 2.45) is 0 Å². The van der Waals surface area contributed by atoms with E-state index in [0.717, 1.165) is 43.9 Å². The topological polar surface area (TPSA) is 59.6 Å². The van der Waals surface area contributed by atoms with Gasteiger partial charge in [0.2, 0.25) is 12.7 Å². The second-order valence-corrected chi connectivity index (χ2v) is 7.68. The number of fused-ring (bicyclic) bond motifs is 1. The Kier molecular flexibility index (Phi) is 4.84. The Labute approximate surface area is 149 Å². The van der Waals surface area contributed by atoms with E-state index in [1.807, 2.05) is 6.07 Å². The zero-order valence-corrected chi connectivity index (χ0v) is 14.8. The molecular formula is C20H28N2O3. The fourth-order valence-electron chi connectivity index (χ4n) is 4.52. The summed E-state index contributed by atoms with van der Waals surface area (Å²) in [5.74, 6) is 1.83. The minimum atomic E-state index is 0.0258. The molecule has 4 rings (SSSR count). The van der Waals surface area contributed by atoms with Crippen molar-refractivity contribution in [2.75, 3.05) is 19.9 Å². The normalized spacial score (nSPS) is 24.2. The van der Waals surface area contributed by atoms with Gasteiger partial charge in [-0.1, -0.05) is 25.3 Å². The Bertz CT molecular complexity index is 619. The summed E-state index contributed by atoms with van der Waals surface area (Å²) < 4.78 is 11.0. The van der Waals surface area contributed by atoms with E-state index in [1.54, 1.807) is 0 Å². The molecule has 1 aromatic carbocycles. The monoisotopic (exact) mass is 344 g/mol. The molecule has 136 valence electrons. The zero-order valence-electron chi connectivity index (χ0n) is 14.8. The molecule has 1 aromatic rings. The first kappa shape index (κ1) is 16.7. The van der Waals surface area contributed by atoms with Crippen molar-refractivity contribution < 1.29 is 14.3 Å². The van der Waals surface area contributed by atoms with E-state index in [4.69, 9.17) is 9.47 Å². The first-order valence-corrected chi connectivity index (χ1v) is 9.65. The largest absolute Gasteiger partial charge is 0.454 e. The number of carbonyl (C=O) groups excluding carboxylic acids is 1. The van der Waals surface area contributed by atoms with Crippen LogP contribution in [0.4, 0.5) is 0 Å². The van der Waals surface area contributed by atoms with Gasteiger partial charge in [-0.2, -0.15) is 0 Å². The van der Waals surface area contributed by atoms with Crippen molar-refractivity contribution in [3.05, 3.63) is 23.8 Å². The van der Waals surface area contributed by atoms with Crippen molar-refractivity contribution in [2.45, 2.75) is 62.8 Å². The maximum Gasteiger partial charge on any atom is 0.231 e. The molecule has 2 heterocycles. The van der Waals surface area contributed by atoms with E-state index < -0.39 is 0 Å². The number of hydrogen-bond donors (Lipinski definition) is 2. The second kappa shape index (κ2) is 7.24. The maximum absolute atomic E-state index is 12.4. The smallest absolute Gasteiger partial charge is 0.231 e. The van der Waals surface area contributed by atoms with Gasteiger partial charge in [0.25, 0.3) is 0 Å². The molecule has 2 fully saturated rings. The van der Waals surface area contributed by atoms with Gasteiger partial charge in [0.1, 0.15) is 0 Å². The van der Waals surface area contributed by atoms with Gasteiger partial charge in [-0.3, -0.25) is 4.79 Å². The molecule has 5 heteroatoms. The zero-order chi connectivity index (χ0) is 17.1. The highest BCUT2D eigenvalue weighted by molar-refractivity contribution is 5.76. The molecule has 0 aromatic heterocycles. The van der Waals surface area contributed by atoms with Crippen LogP contribution in [0.1, 0.15) is 56.9 Å². The highest BCUT2D eigenvalue weighted by Gasteiger charge is 2.35. The van der Waals surface area contributed by atoms with Gasteiger partial charge in [0, 0.05) is 24.4 Å². The van der Waals surface area contributed by atoms with Crippen molar-refractivity contribution in [1.82, 2.24) is 10.6 Å². The Balaban J connectivity index is 1.46. The fraction of sp³-hybridized carbons (Fsp3) is 0.650. The van der Waals surface area contributed by atoms with Crippen molar-refractivity contribution in [3.63, 3.8) is 0 Å². The van der Waals surface area contributed by atoms with Crippen molar-refractivity contribution in [1.29, 1.82) is 0 Å². The molecule has 2 N–H and O–H groups in total. The minimum Gasteiger partial charge on any atom is -0.454 e. The summed E-state index contributed by atoms with van der Waals surface area (Å²) in [4.78, 5) is 12.4. The number of ether oxygens (including phenoxy) is 2. The molecule has 1 saturated carbocycles. The molecular weight excluding hydrogens is 316 g/mol. The number of amides is 1. The van der Waals surface area contributed by atoms with Crippen LogP contribution in [0.3, 0.4) is 0 Å². The Morgan fingerprint density at radius 2 is 2.00 bits per heavy atom. The van der Waals surface area contributed by atoms with Crippen molar-refractivity contribution in [3.8, 4) is 11.5 Å². The summed E-state index contributed by atoms with van der Waals surface area (Å²) in [7, 11) is 0. The highest BCUT2D eigenvalue weighted by Crippen LogP contribution is 2.43. The van der Waals surface area contributed by atoms with E-state index in [-0.39, 0.29) is 11.3 Å². The summed E-state index contributed by atoms with van der Waals surface area (Å²) in [5.41, 5.74) is 1.30. The van der Waals surface area contributed by atoms with E-state index >= 15 is 0 Å². The van der Waals surface area contributed by atoms with Crippen LogP contribution < -0.4 is 20.1 Å². The fourth-order valence-corrected chi connectivity index (χ4v) is 4.52. The quantitative estimate of drug-likeness (QED) is 0.862. The van der Waals surface area contributed by atoms with Gasteiger partial charge in [-0.25, -0.2) is 0 Å². The third-order valence-electron chi connectivity index (χ3n) is 6.01. The number of nitrogens with one attached hydrogen (secondary N) is 2. The molecule has 1 aliphatic carbocycles. The second-order valence-electron chi connectivity index (χ2n) is 7.68. The summed E-state index contributed by atoms with van der Waals surface area (Å²) >= 11 is 0. The van der Waals surface area contributed by atoms with Crippen LogP contribution >= 0.6 is 0 Å². The van der Waals surface area contributed by atoms with E-state index in [0.29, 0.717) is 19.3 Å². The van der Waals surface area contributed by atoms with Crippen molar-refractivity contribution >= 4 is 5.91 Å². The molecule has 0 bridgehead atoms. The lowest BCUT2D eigenvalue weighted by molar-refractivity contribution is -0.121. The SMILES string of the molecule is O=C(CC1CCCN1)NCC1(c2ccc3c(c2)OCO3)CCCCC1. The first-order chi connectivity index (χ1) is 12.3. The van der Waals surface area contributed by atoms with Crippen LogP contribution in [0.5, 0.6) is 11.5 Å². The van der Waals surface area contributed by atoms with Gasteiger partial charge < -0.3 is 20.1 Å². The minimum absolute atomic E-state index is 0.0258. The predicted octanol–water partition coefficient (Wildman–Crippen LogP) is 2.88. The molecule has 0 spiro atoms. The summed E-state index contributed by atoms with van der Waals surface area (Å²) in [6.45, 7) is 2.06. The molecule has 1 atom stereocenters. The van der Waals surface area contributed by atoms with Gasteiger partial charge in [-0.15, -0.1) is 0 Å². The number of benzene rings is 1. The molecule has 25 heavy (non-hydrogen) atoms. The summed E-state index contributed by atoms with van der Waals surface area (Å²) in [6, 6.07) is 6.65. The van der Waals surface area contributed by atoms with E-state index in [9.17, 15) is 4.79 Å². The molecule has 3 aliphatic rings. The number of rotatable bonds is 5. The lowest BCUT2D eigenvalue weighted by Crippen LogP contribution is -2.43. The van der Waals surface area contributed by atoms with Crippen LogP contribution in [0, 0.1) is 0 Å². The molecule has 2 aliphatic heterocycles. The maximum atomic E-state index is 12.4. The molecule has 1 amide bonds. The van der Waals surface area contributed by atoms with Crippen LogP contribution in [-0.2, 0) is 10.2 Å². The van der Waals surface area contributed by atoms with Gasteiger partial charge in [0.05, 0.1) is 0 Å². The predicted molar refractivity (Wildman–Crippen MR) is 96.0 cm³/mol. The average molecular weight is 344 g/mol. The van der Waals surface area contributed by atoms with Gasteiger partial charge in [0.15, 0.2) is 11.5 Å². The number of carbonyl (C=O) groups is 1. The molecule has 0 radical (unpaired) electrons. The first-order valence-electron chi connectivity index (χ1n) is 9.65. The summed E-state index contributed by atoms with van der Waals surface area (Å²) in [5, 5.41) is 6.64. The van der Waals surface area contributed by atoms with E-state index in [1.165, 1.54) is 31.2 Å². The lowest BCUT2D eigenvalue weighted by Gasteiger charge is -2.38. The molecule has 1 unspecified atom stereocenters. The third-order valence-corrected chi connectivity index (χ3v) is 6.01. The van der Waals surface area contributed by atoms with Crippen LogP contribution in [0.2, 0.25) is 0 Å². The summed E-state index contributed by atoms with van der Waals surface area (Å²) in [6.07, 6.45) is 8.84. The molecule has 5 nitrogen and oxygen atoms in total. The van der Waals surface area contributed by atoms with Gasteiger partial charge in [-0.05, 0) is 49.9 Å². The Morgan fingerprint density at radius 3 is 2.80 bits per heavy atom. The Morgan fingerprint density at radius 1 is 1.16 bits per heavy atom. The number of hydrogen-bond acceptors (Lipinski definition) is 4. The highest BCUT2D eigenvalue weighted by atomic mass is 16.7. The Hall–Kier alpha value is -1.75. The lowest BCUT2D eigenvalue weighted by atomic mass is 9.69. The van der Waals surface area contributed by atoms with Crippen LogP contribution in [-0.4, -0.2) is 31.8 Å². The standard InChI is InChI=1S/C20H28N2O3/c23-19(12-16-5-4-10-21-16)22-13-20(8-2-1-3-9-20)15-6-7-17-18(11-15)25-14-24-17/h6-7,11,16,21H,1-5,8-10,12-14H2,(H,22,23). The molecule has 1 saturated heterocycles. The third kappa shape index (κ3) is 3.61. The van der Waals surface area contributed by atoms with E-state index in [2.05, 4.69) is 22.8 Å².